The Morgan fingerprint density at radius 3 is 3.20 bits per heavy atom. The van der Waals surface area contributed by atoms with Crippen LogP contribution in [0.15, 0.2) is 11.6 Å². The minimum absolute atomic E-state index is 0.0441. The summed E-state index contributed by atoms with van der Waals surface area (Å²) in [5.41, 5.74) is -0.433. The van der Waals surface area contributed by atoms with E-state index in [9.17, 15) is 9.90 Å². The van der Waals surface area contributed by atoms with Crippen molar-refractivity contribution < 1.29 is 9.90 Å². The number of amides is 1. The molecule has 3 unspecified atom stereocenters. The van der Waals surface area contributed by atoms with Gasteiger partial charge in [0.05, 0.1) is 5.60 Å². The summed E-state index contributed by atoms with van der Waals surface area (Å²) < 4.78 is 0. The van der Waals surface area contributed by atoms with Gasteiger partial charge in [0.25, 0.3) is 0 Å². The number of nitrogens with zero attached hydrogens (tertiary/aromatic N) is 1. The average Bonchev–Trinajstić information content (AvgIpc) is 2.88. The second-order valence-electron chi connectivity index (χ2n) is 6.42. The van der Waals surface area contributed by atoms with Crippen molar-refractivity contribution in [1.82, 2.24) is 4.98 Å². The highest BCUT2D eigenvalue weighted by molar-refractivity contribution is 7.13. The standard InChI is InChI=1S/C15H22N2O2S/c18-13(17-14-16-6-7-20-14)4-3-12-8-11-2-1-5-15(19,9-11)10-12/h6-7,11-12,19H,1-5,8-10H2,(H,16,17,18). The van der Waals surface area contributed by atoms with Crippen molar-refractivity contribution in [3.63, 3.8) is 0 Å². The number of nitrogens with one attached hydrogen (secondary N) is 1. The summed E-state index contributed by atoms with van der Waals surface area (Å²) in [6, 6.07) is 0. The fourth-order valence-corrected chi connectivity index (χ4v) is 4.51. The van der Waals surface area contributed by atoms with E-state index in [1.54, 1.807) is 6.20 Å². The second-order valence-corrected chi connectivity index (χ2v) is 7.31. The molecule has 110 valence electrons. The lowest BCUT2D eigenvalue weighted by molar-refractivity contribution is -0.117. The number of carbonyl (C=O) groups excluding carboxylic acids is 1. The molecule has 3 atom stereocenters. The first kappa shape index (κ1) is 14.0. The molecule has 2 saturated carbocycles. The second kappa shape index (κ2) is 5.82. The number of rotatable bonds is 4. The van der Waals surface area contributed by atoms with Gasteiger partial charge >= 0.3 is 0 Å². The zero-order chi connectivity index (χ0) is 14.0. The fraction of sp³-hybridized carbons (Fsp3) is 0.733. The number of hydrogen-bond donors (Lipinski definition) is 2. The third kappa shape index (κ3) is 3.38. The summed E-state index contributed by atoms with van der Waals surface area (Å²) in [6.45, 7) is 0. The maximum absolute atomic E-state index is 11.9. The van der Waals surface area contributed by atoms with Crippen molar-refractivity contribution >= 4 is 22.4 Å². The maximum Gasteiger partial charge on any atom is 0.226 e. The summed E-state index contributed by atoms with van der Waals surface area (Å²) in [7, 11) is 0. The molecule has 2 aliphatic carbocycles. The maximum atomic E-state index is 11.9. The zero-order valence-corrected chi connectivity index (χ0v) is 12.5. The molecular weight excluding hydrogens is 272 g/mol. The van der Waals surface area contributed by atoms with Gasteiger partial charge in [0.1, 0.15) is 0 Å². The van der Waals surface area contributed by atoms with Crippen molar-refractivity contribution in [3.05, 3.63) is 11.6 Å². The molecule has 0 aromatic carbocycles. The number of hydrogen-bond acceptors (Lipinski definition) is 4. The Balaban J connectivity index is 1.47. The number of anilines is 1. The van der Waals surface area contributed by atoms with Gasteiger partial charge in [0.2, 0.25) is 5.91 Å². The van der Waals surface area contributed by atoms with E-state index in [1.807, 2.05) is 5.38 Å². The van der Waals surface area contributed by atoms with E-state index in [2.05, 4.69) is 10.3 Å². The molecule has 1 heterocycles. The van der Waals surface area contributed by atoms with Gasteiger partial charge < -0.3 is 10.4 Å². The van der Waals surface area contributed by atoms with Crippen LogP contribution in [0.4, 0.5) is 5.13 Å². The lowest BCUT2D eigenvalue weighted by Crippen LogP contribution is -2.42. The lowest BCUT2D eigenvalue weighted by Gasteiger charge is -2.45. The molecule has 3 rings (SSSR count). The Kier molecular flexibility index (Phi) is 4.08. The average molecular weight is 294 g/mol. The van der Waals surface area contributed by atoms with Gasteiger partial charge in [-0.1, -0.05) is 12.8 Å². The molecule has 0 saturated heterocycles. The molecule has 4 nitrogen and oxygen atoms in total. The van der Waals surface area contributed by atoms with Crippen molar-refractivity contribution in [2.75, 3.05) is 5.32 Å². The quantitative estimate of drug-likeness (QED) is 0.896. The highest BCUT2D eigenvalue weighted by Gasteiger charge is 2.41. The van der Waals surface area contributed by atoms with Gasteiger partial charge in [-0.2, -0.15) is 0 Å². The van der Waals surface area contributed by atoms with Crippen LogP contribution in [0.5, 0.6) is 0 Å². The van der Waals surface area contributed by atoms with Crippen LogP contribution in [-0.2, 0) is 4.79 Å². The zero-order valence-electron chi connectivity index (χ0n) is 11.7. The minimum atomic E-state index is -0.433. The Morgan fingerprint density at radius 2 is 2.45 bits per heavy atom. The number of carbonyl (C=O) groups is 1. The molecular formula is C15H22N2O2S. The largest absolute Gasteiger partial charge is 0.390 e. The third-order valence-corrected chi connectivity index (χ3v) is 5.41. The molecule has 2 N–H and O–H groups in total. The van der Waals surface area contributed by atoms with Gasteiger partial charge in [-0.25, -0.2) is 4.98 Å². The first-order valence-corrected chi connectivity index (χ1v) is 8.43. The van der Waals surface area contributed by atoms with Crippen LogP contribution < -0.4 is 5.32 Å². The summed E-state index contributed by atoms with van der Waals surface area (Å²) in [6.07, 6.45) is 9.53. The molecule has 2 fully saturated rings. The normalized spacial score (nSPS) is 32.9. The molecule has 0 spiro atoms. The Labute approximate surface area is 123 Å². The monoisotopic (exact) mass is 294 g/mol. The highest BCUT2D eigenvalue weighted by atomic mass is 32.1. The van der Waals surface area contributed by atoms with Gasteiger partial charge in [-0.3, -0.25) is 4.79 Å². The van der Waals surface area contributed by atoms with E-state index in [0.29, 0.717) is 23.4 Å². The highest BCUT2D eigenvalue weighted by Crippen LogP contribution is 2.46. The van der Waals surface area contributed by atoms with E-state index < -0.39 is 5.60 Å². The summed E-state index contributed by atoms with van der Waals surface area (Å²) in [5, 5.41) is 15.9. The molecule has 2 bridgehead atoms. The molecule has 2 aliphatic rings. The minimum Gasteiger partial charge on any atom is -0.390 e. The van der Waals surface area contributed by atoms with Crippen molar-refractivity contribution in [2.45, 2.75) is 57.0 Å². The van der Waals surface area contributed by atoms with Gasteiger partial charge in [-0.05, 0) is 43.9 Å². The Hall–Kier alpha value is -0.940. The van der Waals surface area contributed by atoms with Crippen molar-refractivity contribution in [2.24, 2.45) is 11.8 Å². The van der Waals surface area contributed by atoms with E-state index in [4.69, 9.17) is 0 Å². The molecule has 5 heteroatoms. The Morgan fingerprint density at radius 1 is 1.55 bits per heavy atom. The van der Waals surface area contributed by atoms with Crippen LogP contribution in [0, 0.1) is 11.8 Å². The van der Waals surface area contributed by atoms with Crippen LogP contribution in [-0.4, -0.2) is 21.6 Å². The number of fused-ring (bicyclic) bond motifs is 2. The lowest BCUT2D eigenvalue weighted by atomic mass is 9.64. The number of aromatic nitrogens is 1. The predicted molar refractivity (Wildman–Crippen MR) is 79.6 cm³/mol. The molecule has 20 heavy (non-hydrogen) atoms. The summed E-state index contributed by atoms with van der Waals surface area (Å²) in [5.74, 6) is 1.22. The smallest absolute Gasteiger partial charge is 0.226 e. The van der Waals surface area contributed by atoms with E-state index in [1.165, 1.54) is 30.6 Å². The number of aliphatic hydroxyl groups is 1. The first-order valence-electron chi connectivity index (χ1n) is 7.55. The van der Waals surface area contributed by atoms with Crippen LogP contribution in [0.25, 0.3) is 0 Å². The van der Waals surface area contributed by atoms with Gasteiger partial charge in [0.15, 0.2) is 5.13 Å². The fourth-order valence-electron chi connectivity index (χ4n) is 3.96. The predicted octanol–water partition coefficient (Wildman–Crippen LogP) is 3.19. The van der Waals surface area contributed by atoms with Crippen LogP contribution in [0.1, 0.15) is 51.4 Å². The van der Waals surface area contributed by atoms with Crippen LogP contribution >= 0.6 is 11.3 Å². The molecule has 1 amide bonds. The van der Waals surface area contributed by atoms with E-state index >= 15 is 0 Å². The summed E-state index contributed by atoms with van der Waals surface area (Å²) in [4.78, 5) is 15.9. The summed E-state index contributed by atoms with van der Waals surface area (Å²) >= 11 is 1.44. The van der Waals surface area contributed by atoms with Crippen molar-refractivity contribution in [3.8, 4) is 0 Å². The van der Waals surface area contributed by atoms with E-state index in [-0.39, 0.29) is 5.91 Å². The number of thiazole rings is 1. The van der Waals surface area contributed by atoms with Gasteiger partial charge in [0, 0.05) is 18.0 Å². The SMILES string of the molecule is O=C(CCC1CC2CCCC(O)(C2)C1)Nc1nccs1. The molecule has 0 aliphatic heterocycles. The first-order chi connectivity index (χ1) is 9.63. The van der Waals surface area contributed by atoms with E-state index in [0.717, 1.165) is 25.7 Å². The molecule has 0 radical (unpaired) electrons. The topological polar surface area (TPSA) is 62.2 Å². The van der Waals surface area contributed by atoms with Crippen LogP contribution in [0.2, 0.25) is 0 Å². The third-order valence-electron chi connectivity index (χ3n) is 4.72. The Bertz CT molecular complexity index is 462. The van der Waals surface area contributed by atoms with Crippen molar-refractivity contribution in [1.29, 1.82) is 0 Å². The van der Waals surface area contributed by atoms with Crippen LogP contribution in [0.3, 0.4) is 0 Å². The molecule has 1 aromatic heterocycles. The molecule has 1 aromatic rings. The van der Waals surface area contributed by atoms with Gasteiger partial charge in [-0.15, -0.1) is 11.3 Å².